The highest BCUT2D eigenvalue weighted by molar-refractivity contribution is 6.03. The molecule has 0 heterocycles. The lowest BCUT2D eigenvalue weighted by molar-refractivity contribution is -0.384. The van der Waals surface area contributed by atoms with Crippen LogP contribution >= 0.6 is 0 Å². The lowest BCUT2D eigenvalue weighted by Gasteiger charge is -2.09. The van der Waals surface area contributed by atoms with Crippen molar-refractivity contribution in [2.45, 2.75) is 0 Å². The van der Waals surface area contributed by atoms with Gasteiger partial charge in [-0.3, -0.25) is 19.7 Å². The predicted molar refractivity (Wildman–Crippen MR) is 107 cm³/mol. The van der Waals surface area contributed by atoms with Crippen LogP contribution < -0.4 is 10.6 Å². The summed E-state index contributed by atoms with van der Waals surface area (Å²) in [5.74, 6) is -1.03. The highest BCUT2D eigenvalue weighted by atomic mass is 16.6. The summed E-state index contributed by atoms with van der Waals surface area (Å²) >= 11 is 0. The first-order valence-corrected chi connectivity index (χ1v) is 8.39. The Hall–Kier alpha value is -4.00. The Kier molecular flexibility index (Phi) is 7.42. The number of nitrogens with one attached hydrogen (secondary N) is 2. The molecule has 7 nitrogen and oxygen atoms in total. The number of benzene rings is 2. The Bertz CT molecular complexity index is 916. The molecule has 0 aliphatic rings. The van der Waals surface area contributed by atoms with E-state index in [1.165, 1.54) is 36.4 Å². The fourth-order valence-corrected chi connectivity index (χ4v) is 2.18. The monoisotopic (exact) mass is 377 g/mol. The van der Waals surface area contributed by atoms with Crippen LogP contribution in [0.4, 0.5) is 5.69 Å². The van der Waals surface area contributed by atoms with Gasteiger partial charge in [-0.25, -0.2) is 0 Å². The number of hydrogen-bond donors (Lipinski definition) is 2. The summed E-state index contributed by atoms with van der Waals surface area (Å²) in [6.45, 7) is 3.78. The second-order valence-electron chi connectivity index (χ2n) is 5.61. The zero-order valence-corrected chi connectivity index (χ0v) is 15.0. The third-order valence-corrected chi connectivity index (χ3v) is 3.59. The van der Waals surface area contributed by atoms with Crippen molar-refractivity contribution >= 4 is 23.6 Å². The van der Waals surface area contributed by atoms with Crippen molar-refractivity contribution in [1.82, 2.24) is 10.6 Å². The summed E-state index contributed by atoms with van der Waals surface area (Å²) in [5, 5.41) is 15.8. The minimum atomic E-state index is -0.553. The number of rotatable bonds is 8. The fourth-order valence-electron chi connectivity index (χ4n) is 2.18. The number of nitro groups is 1. The van der Waals surface area contributed by atoms with Gasteiger partial charge in [-0.05, 0) is 23.8 Å². The number of carbonyl (C=O) groups is 2. The van der Waals surface area contributed by atoms with E-state index in [2.05, 4.69) is 17.2 Å². The molecule has 28 heavy (non-hydrogen) atoms. The second kappa shape index (κ2) is 10.2. The van der Waals surface area contributed by atoms with E-state index in [9.17, 15) is 19.7 Å². The number of nitrogens with zero attached hydrogens (tertiary/aromatic N) is 1. The van der Waals surface area contributed by atoms with Crippen LogP contribution in [0.3, 0.4) is 0 Å². The highest BCUT2D eigenvalue weighted by Gasteiger charge is 2.14. The van der Waals surface area contributed by atoms with Gasteiger partial charge in [0, 0.05) is 24.2 Å². The number of nitro benzene ring substituents is 1. The van der Waals surface area contributed by atoms with Crippen molar-refractivity contribution in [2.75, 3.05) is 6.54 Å². The number of amides is 2. The van der Waals surface area contributed by atoms with E-state index in [0.29, 0.717) is 0 Å². The fraction of sp³-hybridized carbons (Fsp3) is 0.0476. The first kappa shape index (κ1) is 20.3. The standard InChI is InChI=1S/C21H19N3O4/c1-2-15-22-21(26)19(10-6-9-16-7-4-3-5-8-16)23-20(25)17-11-13-18(14-12-17)24(27)28/h2-14H,1,15H2,(H,22,26)(H,23,25). The smallest absolute Gasteiger partial charge is 0.269 e. The average Bonchev–Trinajstić information content (AvgIpc) is 2.72. The third-order valence-electron chi connectivity index (χ3n) is 3.59. The highest BCUT2D eigenvalue weighted by Crippen LogP contribution is 2.12. The van der Waals surface area contributed by atoms with Crippen LogP contribution in [0.1, 0.15) is 15.9 Å². The van der Waals surface area contributed by atoms with Crippen molar-refractivity contribution < 1.29 is 14.5 Å². The molecule has 0 aliphatic carbocycles. The first-order valence-electron chi connectivity index (χ1n) is 8.39. The molecule has 7 heteroatoms. The zero-order valence-electron chi connectivity index (χ0n) is 15.0. The van der Waals surface area contributed by atoms with Crippen molar-refractivity contribution in [1.29, 1.82) is 0 Å². The molecule has 0 bridgehead atoms. The Morgan fingerprint density at radius 1 is 1.07 bits per heavy atom. The van der Waals surface area contributed by atoms with Crippen molar-refractivity contribution in [3.63, 3.8) is 0 Å². The van der Waals surface area contributed by atoms with Crippen LogP contribution in [0.2, 0.25) is 0 Å². The maximum absolute atomic E-state index is 12.4. The molecule has 0 fully saturated rings. The quantitative estimate of drug-likeness (QED) is 0.242. The molecule has 0 spiro atoms. The molecule has 2 aromatic rings. The molecular formula is C21H19N3O4. The SMILES string of the molecule is C=CCNC(=O)C(=CC=Cc1ccccc1)NC(=O)c1ccc([N+](=O)[O-])cc1. The first-order chi connectivity index (χ1) is 13.5. The molecule has 2 N–H and O–H groups in total. The van der Waals surface area contributed by atoms with Gasteiger partial charge in [0.05, 0.1) is 4.92 Å². The van der Waals surface area contributed by atoms with Gasteiger partial charge < -0.3 is 10.6 Å². The van der Waals surface area contributed by atoms with Crippen molar-refractivity contribution in [3.8, 4) is 0 Å². The van der Waals surface area contributed by atoms with Crippen molar-refractivity contribution in [2.24, 2.45) is 0 Å². The molecule has 0 radical (unpaired) electrons. The molecule has 0 aliphatic heterocycles. The van der Waals surface area contributed by atoms with Gasteiger partial charge >= 0.3 is 0 Å². The van der Waals surface area contributed by atoms with Gasteiger partial charge in [0.2, 0.25) is 0 Å². The molecule has 0 atom stereocenters. The minimum absolute atomic E-state index is 0.0392. The normalized spacial score (nSPS) is 11.1. The Labute approximate surface area is 162 Å². The van der Waals surface area contributed by atoms with Crippen LogP contribution in [0, 0.1) is 10.1 Å². The van der Waals surface area contributed by atoms with E-state index >= 15 is 0 Å². The molecule has 2 amide bonds. The molecule has 0 saturated carbocycles. The van der Waals surface area contributed by atoms with Gasteiger partial charge in [-0.1, -0.05) is 48.6 Å². The van der Waals surface area contributed by atoms with Crippen LogP contribution in [0.5, 0.6) is 0 Å². The minimum Gasteiger partial charge on any atom is -0.347 e. The number of allylic oxidation sites excluding steroid dienone is 2. The molecule has 0 unspecified atom stereocenters. The van der Waals surface area contributed by atoms with Crippen molar-refractivity contribution in [3.05, 3.63) is 106 Å². The third kappa shape index (κ3) is 6.06. The summed E-state index contributed by atoms with van der Waals surface area (Å²) in [5.41, 5.74) is 1.05. The average molecular weight is 377 g/mol. The Balaban J connectivity index is 2.18. The number of non-ortho nitro benzene ring substituents is 1. The molecule has 0 aromatic heterocycles. The van der Waals surface area contributed by atoms with Gasteiger partial charge in [0.15, 0.2) is 0 Å². The molecule has 0 saturated heterocycles. The topological polar surface area (TPSA) is 101 Å². The summed E-state index contributed by atoms with van der Waals surface area (Å²) in [6.07, 6.45) is 6.44. The second-order valence-corrected chi connectivity index (χ2v) is 5.61. The maximum Gasteiger partial charge on any atom is 0.269 e. The molecular weight excluding hydrogens is 358 g/mol. The van der Waals surface area contributed by atoms with Crippen LogP contribution in [0.25, 0.3) is 6.08 Å². The largest absolute Gasteiger partial charge is 0.347 e. The Morgan fingerprint density at radius 3 is 2.36 bits per heavy atom. The summed E-state index contributed by atoms with van der Waals surface area (Å²) in [4.78, 5) is 34.9. The van der Waals surface area contributed by atoms with E-state index in [-0.39, 0.29) is 23.5 Å². The van der Waals surface area contributed by atoms with Gasteiger partial charge in [-0.2, -0.15) is 0 Å². The van der Waals surface area contributed by atoms with E-state index in [4.69, 9.17) is 0 Å². The van der Waals surface area contributed by atoms with Gasteiger partial charge in [0.1, 0.15) is 5.70 Å². The van der Waals surface area contributed by atoms with E-state index in [1.54, 1.807) is 12.2 Å². The summed E-state index contributed by atoms with van der Waals surface area (Å²) in [6, 6.07) is 14.6. The number of carbonyl (C=O) groups excluding carboxylic acids is 2. The van der Waals surface area contributed by atoms with Crippen LogP contribution in [-0.2, 0) is 4.79 Å². The predicted octanol–water partition coefficient (Wildman–Crippen LogP) is 3.22. The molecule has 142 valence electrons. The van der Waals surface area contributed by atoms with Crippen LogP contribution in [-0.4, -0.2) is 23.3 Å². The number of hydrogen-bond acceptors (Lipinski definition) is 4. The van der Waals surface area contributed by atoms with Gasteiger partial charge in [-0.15, -0.1) is 6.58 Å². The summed E-state index contributed by atoms with van der Waals surface area (Å²) in [7, 11) is 0. The molecule has 2 rings (SSSR count). The van der Waals surface area contributed by atoms with Gasteiger partial charge in [0.25, 0.3) is 17.5 Å². The van der Waals surface area contributed by atoms with E-state index < -0.39 is 16.7 Å². The maximum atomic E-state index is 12.4. The summed E-state index contributed by atoms with van der Waals surface area (Å²) < 4.78 is 0. The Morgan fingerprint density at radius 2 is 1.75 bits per heavy atom. The zero-order chi connectivity index (χ0) is 20.4. The van der Waals surface area contributed by atoms with E-state index in [0.717, 1.165) is 5.56 Å². The van der Waals surface area contributed by atoms with Crippen LogP contribution in [0.15, 0.2) is 85.1 Å². The lowest BCUT2D eigenvalue weighted by Crippen LogP contribution is -2.34. The lowest BCUT2D eigenvalue weighted by atomic mass is 10.2. The molecule has 2 aromatic carbocycles. The van der Waals surface area contributed by atoms with E-state index in [1.807, 2.05) is 30.3 Å².